The summed E-state index contributed by atoms with van der Waals surface area (Å²) in [4.78, 5) is 4.30. The summed E-state index contributed by atoms with van der Waals surface area (Å²) in [6.07, 6.45) is 3.76. The number of imidazole rings is 1. The van der Waals surface area contributed by atoms with Crippen molar-refractivity contribution in [3.05, 3.63) is 58.8 Å². The first-order valence-electron chi connectivity index (χ1n) is 6.48. The van der Waals surface area contributed by atoms with Crippen LogP contribution in [0.3, 0.4) is 0 Å². The number of hydrogen-bond donors (Lipinski definition) is 1. The van der Waals surface area contributed by atoms with Crippen molar-refractivity contribution in [3.63, 3.8) is 0 Å². The molecule has 1 aromatic carbocycles. The van der Waals surface area contributed by atoms with E-state index in [0.717, 1.165) is 11.5 Å². The van der Waals surface area contributed by atoms with Crippen LogP contribution in [0.1, 0.15) is 0 Å². The largest absolute Gasteiger partial charge is 0.490 e. The summed E-state index contributed by atoms with van der Waals surface area (Å²) >= 11 is 11.9. The third kappa shape index (κ3) is 3.23. The molecule has 0 amide bonds. The maximum Gasteiger partial charge on any atom is 0.138 e. The van der Waals surface area contributed by atoms with Gasteiger partial charge in [-0.15, -0.1) is 0 Å². The molecule has 0 saturated heterocycles. The SMILES string of the molecule is Clc1ccc(OCCNc2cnc3ccccn23)c(Cl)c1. The predicted octanol–water partition coefficient (Wildman–Crippen LogP) is 4.13. The van der Waals surface area contributed by atoms with Crippen LogP contribution in [-0.4, -0.2) is 22.5 Å². The highest BCUT2D eigenvalue weighted by atomic mass is 35.5. The Morgan fingerprint density at radius 1 is 1.19 bits per heavy atom. The Balaban J connectivity index is 1.57. The summed E-state index contributed by atoms with van der Waals surface area (Å²) in [5, 5.41) is 4.38. The second-order valence-corrected chi connectivity index (χ2v) is 5.27. The Morgan fingerprint density at radius 2 is 2.10 bits per heavy atom. The highest BCUT2D eigenvalue weighted by Crippen LogP contribution is 2.27. The van der Waals surface area contributed by atoms with Gasteiger partial charge < -0.3 is 10.1 Å². The van der Waals surface area contributed by atoms with Crippen molar-refractivity contribution in [1.29, 1.82) is 0 Å². The Kier molecular flexibility index (Phi) is 4.18. The Labute approximate surface area is 132 Å². The van der Waals surface area contributed by atoms with Crippen molar-refractivity contribution in [3.8, 4) is 5.75 Å². The van der Waals surface area contributed by atoms with E-state index in [2.05, 4.69) is 10.3 Å². The van der Waals surface area contributed by atoms with Crippen molar-refractivity contribution in [1.82, 2.24) is 9.38 Å². The second kappa shape index (κ2) is 6.24. The minimum Gasteiger partial charge on any atom is -0.490 e. The van der Waals surface area contributed by atoms with E-state index in [1.165, 1.54) is 0 Å². The molecule has 21 heavy (non-hydrogen) atoms. The van der Waals surface area contributed by atoms with Gasteiger partial charge in [0.2, 0.25) is 0 Å². The normalized spacial score (nSPS) is 10.8. The highest BCUT2D eigenvalue weighted by molar-refractivity contribution is 6.35. The standard InChI is InChI=1S/C15H13Cl2N3O/c16-11-4-5-13(12(17)9-11)21-8-6-18-15-10-19-14-3-1-2-7-20(14)15/h1-5,7,9-10,18H,6,8H2. The molecule has 1 N–H and O–H groups in total. The van der Waals surface area contributed by atoms with Crippen molar-refractivity contribution in [2.75, 3.05) is 18.5 Å². The molecule has 108 valence electrons. The lowest BCUT2D eigenvalue weighted by atomic mass is 10.3. The highest BCUT2D eigenvalue weighted by Gasteiger charge is 2.03. The number of fused-ring (bicyclic) bond motifs is 1. The smallest absolute Gasteiger partial charge is 0.138 e. The topological polar surface area (TPSA) is 38.6 Å². The lowest BCUT2D eigenvalue weighted by Crippen LogP contribution is -2.12. The third-order valence-electron chi connectivity index (χ3n) is 2.98. The molecule has 0 radical (unpaired) electrons. The second-order valence-electron chi connectivity index (χ2n) is 4.42. The first kappa shape index (κ1) is 14.0. The van der Waals surface area contributed by atoms with E-state index in [1.54, 1.807) is 24.4 Å². The fourth-order valence-corrected chi connectivity index (χ4v) is 2.46. The van der Waals surface area contributed by atoms with E-state index >= 15 is 0 Å². The summed E-state index contributed by atoms with van der Waals surface area (Å²) in [5.41, 5.74) is 0.904. The maximum absolute atomic E-state index is 6.04. The minimum atomic E-state index is 0.488. The van der Waals surface area contributed by atoms with Crippen molar-refractivity contribution in [2.45, 2.75) is 0 Å². The summed E-state index contributed by atoms with van der Waals surface area (Å²) in [6, 6.07) is 11.0. The maximum atomic E-state index is 6.04. The van der Waals surface area contributed by atoms with Gasteiger partial charge in [-0.05, 0) is 30.3 Å². The zero-order valence-corrected chi connectivity index (χ0v) is 12.6. The molecule has 0 aliphatic carbocycles. The summed E-state index contributed by atoms with van der Waals surface area (Å²) < 4.78 is 7.60. The number of aromatic nitrogens is 2. The number of rotatable bonds is 5. The average molecular weight is 322 g/mol. The number of hydrogen-bond acceptors (Lipinski definition) is 3. The van der Waals surface area contributed by atoms with Crippen LogP contribution < -0.4 is 10.1 Å². The monoisotopic (exact) mass is 321 g/mol. The summed E-state index contributed by atoms with van der Waals surface area (Å²) in [6.45, 7) is 1.13. The molecule has 4 nitrogen and oxygen atoms in total. The van der Waals surface area contributed by atoms with Crippen molar-refractivity contribution in [2.24, 2.45) is 0 Å². The van der Waals surface area contributed by atoms with Crippen LogP contribution in [0.25, 0.3) is 5.65 Å². The van der Waals surface area contributed by atoms with Gasteiger partial charge >= 0.3 is 0 Å². The van der Waals surface area contributed by atoms with Gasteiger partial charge in [-0.3, -0.25) is 4.40 Å². The van der Waals surface area contributed by atoms with Gasteiger partial charge in [-0.25, -0.2) is 4.98 Å². The average Bonchev–Trinajstić information content (AvgIpc) is 2.89. The molecule has 0 aliphatic rings. The van der Waals surface area contributed by atoms with E-state index in [1.807, 2.05) is 28.8 Å². The number of benzene rings is 1. The lowest BCUT2D eigenvalue weighted by Gasteiger charge is -2.09. The fraction of sp³-hybridized carbons (Fsp3) is 0.133. The van der Waals surface area contributed by atoms with Crippen molar-refractivity contribution < 1.29 is 4.74 Å². The van der Waals surface area contributed by atoms with Crippen molar-refractivity contribution >= 4 is 34.7 Å². The van der Waals surface area contributed by atoms with Crippen LogP contribution in [0.15, 0.2) is 48.8 Å². The molecule has 0 spiro atoms. The van der Waals surface area contributed by atoms with Crippen LogP contribution >= 0.6 is 23.2 Å². The summed E-state index contributed by atoms with van der Waals surface area (Å²) in [7, 11) is 0. The number of nitrogens with one attached hydrogen (secondary N) is 1. The Morgan fingerprint density at radius 3 is 2.95 bits per heavy atom. The van der Waals surface area contributed by atoms with Gasteiger partial charge in [-0.2, -0.15) is 0 Å². The van der Waals surface area contributed by atoms with Gasteiger partial charge in [0, 0.05) is 11.2 Å². The molecular formula is C15H13Cl2N3O. The minimum absolute atomic E-state index is 0.488. The van der Waals surface area contributed by atoms with E-state index in [9.17, 15) is 0 Å². The van der Waals surface area contributed by atoms with Gasteiger partial charge in [0.05, 0.1) is 17.8 Å². The molecule has 3 rings (SSSR count). The third-order valence-corrected chi connectivity index (χ3v) is 3.51. The Bertz CT molecular complexity index is 758. The number of pyridine rings is 1. The lowest BCUT2D eigenvalue weighted by molar-refractivity contribution is 0.333. The van der Waals surface area contributed by atoms with Gasteiger partial charge in [0.15, 0.2) is 0 Å². The van der Waals surface area contributed by atoms with E-state index in [4.69, 9.17) is 27.9 Å². The summed E-state index contributed by atoms with van der Waals surface area (Å²) in [5.74, 6) is 1.55. The number of ether oxygens (including phenoxy) is 1. The van der Waals surface area contributed by atoms with E-state index in [-0.39, 0.29) is 0 Å². The Hall–Kier alpha value is -1.91. The molecule has 2 heterocycles. The van der Waals surface area contributed by atoms with Gasteiger partial charge in [0.25, 0.3) is 0 Å². The number of nitrogens with zero attached hydrogens (tertiary/aromatic N) is 2. The quantitative estimate of drug-likeness (QED) is 0.718. The van der Waals surface area contributed by atoms with E-state index in [0.29, 0.717) is 28.9 Å². The molecule has 2 aromatic heterocycles. The molecule has 6 heteroatoms. The molecular weight excluding hydrogens is 309 g/mol. The first-order valence-corrected chi connectivity index (χ1v) is 7.23. The number of anilines is 1. The molecule has 0 atom stereocenters. The fourth-order valence-electron chi connectivity index (χ4n) is 2.00. The molecule has 0 saturated carbocycles. The predicted molar refractivity (Wildman–Crippen MR) is 85.6 cm³/mol. The van der Waals surface area contributed by atoms with E-state index < -0.39 is 0 Å². The molecule has 0 unspecified atom stereocenters. The van der Waals surface area contributed by atoms with Gasteiger partial charge in [0.1, 0.15) is 23.8 Å². The zero-order chi connectivity index (χ0) is 14.7. The van der Waals surface area contributed by atoms with Gasteiger partial charge in [-0.1, -0.05) is 29.3 Å². The van der Waals surface area contributed by atoms with Crippen LogP contribution in [0, 0.1) is 0 Å². The molecule has 0 aliphatic heterocycles. The molecule has 0 fully saturated rings. The number of halogens is 2. The van der Waals surface area contributed by atoms with Crippen LogP contribution in [0.2, 0.25) is 10.0 Å². The zero-order valence-electron chi connectivity index (χ0n) is 11.1. The first-order chi connectivity index (χ1) is 10.2. The molecule has 0 bridgehead atoms. The van der Waals surface area contributed by atoms with Crippen LogP contribution in [0.4, 0.5) is 5.82 Å². The molecule has 3 aromatic rings. The van der Waals surface area contributed by atoms with Crippen LogP contribution in [-0.2, 0) is 0 Å². The van der Waals surface area contributed by atoms with Crippen LogP contribution in [0.5, 0.6) is 5.75 Å².